The highest BCUT2D eigenvalue weighted by Crippen LogP contribution is 2.28. The van der Waals surface area contributed by atoms with Crippen LogP contribution >= 0.6 is 11.8 Å². The molecule has 14 heavy (non-hydrogen) atoms. The van der Waals surface area contributed by atoms with E-state index >= 15 is 0 Å². The molecule has 2 aliphatic heterocycles. The molecule has 0 aromatic carbocycles. The monoisotopic (exact) mass is 212 g/mol. The summed E-state index contributed by atoms with van der Waals surface area (Å²) >= 11 is 1.97. The van der Waals surface area contributed by atoms with Crippen molar-refractivity contribution in [3.8, 4) is 0 Å². The van der Waals surface area contributed by atoms with Crippen LogP contribution in [-0.2, 0) is 0 Å². The lowest BCUT2D eigenvalue weighted by molar-refractivity contribution is 0.240. The van der Waals surface area contributed by atoms with Crippen LogP contribution in [0.15, 0.2) is 4.99 Å². The van der Waals surface area contributed by atoms with Crippen LogP contribution in [0.5, 0.6) is 0 Å². The Kier molecular flexibility index (Phi) is 3.37. The van der Waals surface area contributed by atoms with Crippen molar-refractivity contribution in [2.24, 2.45) is 4.99 Å². The van der Waals surface area contributed by atoms with Crippen LogP contribution < -0.4 is 0 Å². The van der Waals surface area contributed by atoms with E-state index in [1.165, 1.54) is 37.4 Å². The topological polar surface area (TPSA) is 15.6 Å². The molecule has 0 spiro atoms. The molecule has 2 rings (SSSR count). The van der Waals surface area contributed by atoms with Gasteiger partial charge < -0.3 is 4.90 Å². The molecule has 0 bridgehead atoms. The molecule has 80 valence electrons. The quantitative estimate of drug-likeness (QED) is 0.664. The van der Waals surface area contributed by atoms with Gasteiger partial charge in [0.25, 0.3) is 0 Å². The van der Waals surface area contributed by atoms with Crippen molar-refractivity contribution >= 4 is 16.9 Å². The maximum Gasteiger partial charge on any atom is 0.159 e. The zero-order valence-corrected chi connectivity index (χ0v) is 10.0. The lowest BCUT2D eigenvalue weighted by Crippen LogP contribution is -2.41. The second-order valence-corrected chi connectivity index (χ2v) is 5.71. The fourth-order valence-electron chi connectivity index (χ4n) is 2.30. The first-order valence-corrected chi connectivity index (χ1v) is 6.67. The van der Waals surface area contributed by atoms with Crippen molar-refractivity contribution in [1.82, 2.24) is 4.90 Å². The molecule has 0 aliphatic carbocycles. The zero-order chi connectivity index (χ0) is 9.97. The van der Waals surface area contributed by atoms with Gasteiger partial charge in [-0.1, -0.05) is 25.6 Å². The molecular weight excluding hydrogens is 192 g/mol. The van der Waals surface area contributed by atoms with Crippen molar-refractivity contribution in [2.75, 3.05) is 13.1 Å². The summed E-state index contributed by atoms with van der Waals surface area (Å²) in [5.41, 5.74) is 0. The zero-order valence-electron chi connectivity index (χ0n) is 9.20. The number of piperidine rings is 1. The second kappa shape index (κ2) is 4.56. The van der Waals surface area contributed by atoms with Gasteiger partial charge in [0.2, 0.25) is 0 Å². The molecule has 0 aromatic heterocycles. The predicted molar refractivity (Wildman–Crippen MR) is 64.0 cm³/mol. The Morgan fingerprint density at radius 1 is 1.50 bits per heavy atom. The maximum absolute atomic E-state index is 4.64. The number of hydrogen-bond donors (Lipinski definition) is 0. The van der Waals surface area contributed by atoms with Crippen LogP contribution in [0.4, 0.5) is 0 Å². The van der Waals surface area contributed by atoms with Crippen LogP contribution in [0.3, 0.4) is 0 Å². The smallest absolute Gasteiger partial charge is 0.159 e. The van der Waals surface area contributed by atoms with E-state index in [9.17, 15) is 0 Å². The molecule has 2 heterocycles. The number of hydrogen-bond acceptors (Lipinski definition) is 3. The summed E-state index contributed by atoms with van der Waals surface area (Å²) < 4.78 is 0. The fourth-order valence-corrected chi connectivity index (χ4v) is 3.33. The van der Waals surface area contributed by atoms with Gasteiger partial charge in [0.05, 0.1) is 6.54 Å². The van der Waals surface area contributed by atoms with Crippen LogP contribution in [0.2, 0.25) is 0 Å². The van der Waals surface area contributed by atoms with Crippen molar-refractivity contribution in [2.45, 2.75) is 50.8 Å². The lowest BCUT2D eigenvalue weighted by atomic mass is 10.0. The highest BCUT2D eigenvalue weighted by molar-refractivity contribution is 8.14. The summed E-state index contributed by atoms with van der Waals surface area (Å²) in [5.74, 6) is 0. The van der Waals surface area contributed by atoms with E-state index in [0.29, 0.717) is 5.25 Å². The average Bonchev–Trinajstić information content (AvgIpc) is 2.65. The molecule has 2 atom stereocenters. The normalized spacial score (nSPS) is 33.3. The first-order valence-electron chi connectivity index (χ1n) is 5.79. The van der Waals surface area contributed by atoms with Gasteiger partial charge in [-0.25, -0.2) is 0 Å². The summed E-state index contributed by atoms with van der Waals surface area (Å²) in [5, 5.41) is 2.02. The Morgan fingerprint density at radius 3 is 3.00 bits per heavy atom. The number of nitrogens with zero attached hydrogens (tertiary/aromatic N) is 2. The lowest BCUT2D eigenvalue weighted by Gasteiger charge is -2.36. The minimum atomic E-state index is 0.699. The van der Waals surface area contributed by atoms with E-state index in [0.717, 1.165) is 12.6 Å². The number of thioether (sulfide) groups is 1. The van der Waals surface area contributed by atoms with Gasteiger partial charge in [0, 0.05) is 17.8 Å². The standard InChI is InChI=1S/C11H20N2S/c1-3-10-6-4-5-7-13(10)11-12-8-9(2)14-11/h9-10H,3-8H2,1-2H3/t9?,10-/m1/s1. The van der Waals surface area contributed by atoms with E-state index in [-0.39, 0.29) is 0 Å². The summed E-state index contributed by atoms with van der Waals surface area (Å²) in [6.07, 6.45) is 5.39. The van der Waals surface area contributed by atoms with E-state index in [1.807, 2.05) is 11.8 Å². The first-order chi connectivity index (χ1) is 6.81. The largest absolute Gasteiger partial charge is 0.349 e. The SMILES string of the molecule is CC[C@@H]1CCCCN1C1=NCC(C)S1. The third-order valence-corrected chi connectivity index (χ3v) is 4.26. The second-order valence-electron chi connectivity index (χ2n) is 4.30. The van der Waals surface area contributed by atoms with Crippen LogP contribution in [-0.4, -0.2) is 34.4 Å². The van der Waals surface area contributed by atoms with Gasteiger partial charge in [0.1, 0.15) is 0 Å². The maximum atomic E-state index is 4.64. The first kappa shape index (κ1) is 10.3. The molecular formula is C11H20N2S. The van der Waals surface area contributed by atoms with Crippen molar-refractivity contribution < 1.29 is 0 Å². The van der Waals surface area contributed by atoms with Crippen molar-refractivity contribution in [1.29, 1.82) is 0 Å². The highest BCUT2D eigenvalue weighted by Gasteiger charge is 2.27. The number of amidine groups is 1. The minimum Gasteiger partial charge on any atom is -0.349 e. The highest BCUT2D eigenvalue weighted by atomic mass is 32.2. The van der Waals surface area contributed by atoms with Crippen LogP contribution in [0.1, 0.15) is 39.5 Å². The third kappa shape index (κ3) is 2.08. The van der Waals surface area contributed by atoms with Crippen molar-refractivity contribution in [3.05, 3.63) is 0 Å². The van der Waals surface area contributed by atoms with Gasteiger partial charge in [-0.2, -0.15) is 0 Å². The Bertz CT molecular complexity index is 227. The summed E-state index contributed by atoms with van der Waals surface area (Å²) in [6, 6.07) is 0.764. The molecule has 0 amide bonds. The Hall–Kier alpha value is -0.180. The van der Waals surface area contributed by atoms with Gasteiger partial charge in [-0.3, -0.25) is 4.99 Å². The molecule has 1 fully saturated rings. The van der Waals surface area contributed by atoms with Gasteiger partial charge >= 0.3 is 0 Å². The van der Waals surface area contributed by atoms with Gasteiger partial charge in [-0.15, -0.1) is 0 Å². The summed E-state index contributed by atoms with van der Waals surface area (Å²) in [4.78, 5) is 7.20. The number of aliphatic imine (C=N–C) groups is 1. The Morgan fingerprint density at radius 2 is 2.36 bits per heavy atom. The molecule has 0 radical (unpaired) electrons. The predicted octanol–water partition coefficient (Wildman–Crippen LogP) is 2.74. The Balaban J connectivity index is 2.00. The molecule has 2 nitrogen and oxygen atoms in total. The van der Waals surface area contributed by atoms with E-state index in [4.69, 9.17) is 0 Å². The Labute approximate surface area is 91.2 Å². The third-order valence-electron chi connectivity index (χ3n) is 3.13. The summed E-state index contributed by atoms with van der Waals surface area (Å²) in [7, 11) is 0. The molecule has 0 saturated carbocycles. The van der Waals surface area contributed by atoms with E-state index in [2.05, 4.69) is 23.7 Å². The molecule has 2 aliphatic rings. The molecule has 0 N–H and O–H groups in total. The van der Waals surface area contributed by atoms with Crippen LogP contribution in [0, 0.1) is 0 Å². The fraction of sp³-hybridized carbons (Fsp3) is 0.909. The summed E-state index contributed by atoms with van der Waals surface area (Å²) in [6.45, 7) is 6.82. The average molecular weight is 212 g/mol. The van der Waals surface area contributed by atoms with E-state index < -0.39 is 0 Å². The van der Waals surface area contributed by atoms with E-state index in [1.54, 1.807) is 0 Å². The molecule has 1 unspecified atom stereocenters. The van der Waals surface area contributed by atoms with Crippen LogP contribution in [0.25, 0.3) is 0 Å². The number of rotatable bonds is 1. The molecule has 1 saturated heterocycles. The molecule has 3 heteroatoms. The minimum absolute atomic E-state index is 0.699. The van der Waals surface area contributed by atoms with Crippen molar-refractivity contribution in [3.63, 3.8) is 0 Å². The number of likely N-dealkylation sites (tertiary alicyclic amines) is 1. The molecule has 0 aromatic rings. The van der Waals surface area contributed by atoms with Gasteiger partial charge in [-0.05, 0) is 25.7 Å². The van der Waals surface area contributed by atoms with Gasteiger partial charge in [0.15, 0.2) is 5.17 Å².